The molecule has 7 nitrogen and oxygen atoms in total. The number of Topliss-reactive ketones (excluding diaryl/α,β-unsaturated/α-hetero) is 1. The highest BCUT2D eigenvalue weighted by Gasteiger charge is 2.50. The molecule has 1 aliphatic rings. The Bertz CT molecular complexity index is 1160. The van der Waals surface area contributed by atoms with Crippen LogP contribution in [-0.2, 0) is 10.4 Å². The first-order valence-electron chi connectivity index (χ1n) is 10.5. The Morgan fingerprint density at radius 2 is 1.58 bits per heavy atom. The number of fused-ring (bicyclic) bond motifs is 1. The van der Waals surface area contributed by atoms with Gasteiger partial charge in [0.05, 0.1) is 32.9 Å². The highest BCUT2D eigenvalue weighted by Crippen LogP contribution is 2.42. The Balaban J connectivity index is 1.52. The number of nitrogens with zero attached hydrogens (tertiary/aromatic N) is 1. The fourth-order valence-corrected chi connectivity index (χ4v) is 4.00. The first kappa shape index (κ1) is 22.4. The molecule has 7 heteroatoms. The number of para-hydroxylation sites is 3. The molecule has 170 valence electrons. The number of carbonyl (C=O) groups excluding carboxylic acids is 2. The number of methoxy groups -OCH3 is 2. The highest BCUT2D eigenvalue weighted by atomic mass is 16.5. The standard InChI is InChI=1S/C26H25NO6/c1-31-19-13-11-18(12-14-19)22(28)17-26(30)20-7-3-4-8-21(20)27(25(26)29)15-16-33-24-10-6-5-9-23(24)32-2/h3-14,30H,15-17H2,1-2H3/t26-/m0/s1. The summed E-state index contributed by atoms with van der Waals surface area (Å²) >= 11 is 0. The number of anilines is 1. The van der Waals surface area contributed by atoms with Crippen molar-refractivity contribution in [1.82, 2.24) is 0 Å². The van der Waals surface area contributed by atoms with Gasteiger partial charge in [-0.15, -0.1) is 0 Å². The van der Waals surface area contributed by atoms with Gasteiger partial charge >= 0.3 is 0 Å². The third-order valence-corrected chi connectivity index (χ3v) is 5.71. The molecule has 0 radical (unpaired) electrons. The number of hydrogen-bond acceptors (Lipinski definition) is 6. The maximum Gasteiger partial charge on any atom is 0.264 e. The van der Waals surface area contributed by atoms with Gasteiger partial charge < -0.3 is 24.2 Å². The summed E-state index contributed by atoms with van der Waals surface area (Å²) in [7, 11) is 3.10. The third kappa shape index (κ3) is 4.27. The maximum atomic E-state index is 13.3. The van der Waals surface area contributed by atoms with E-state index in [0.29, 0.717) is 34.1 Å². The first-order chi connectivity index (χ1) is 16.0. The van der Waals surface area contributed by atoms with E-state index in [4.69, 9.17) is 14.2 Å². The largest absolute Gasteiger partial charge is 0.497 e. The Morgan fingerprint density at radius 1 is 0.909 bits per heavy atom. The Kier molecular flexibility index (Phi) is 6.33. The highest BCUT2D eigenvalue weighted by molar-refractivity contribution is 6.10. The molecule has 0 unspecified atom stereocenters. The molecule has 33 heavy (non-hydrogen) atoms. The van der Waals surface area contributed by atoms with Gasteiger partial charge in [-0.25, -0.2) is 0 Å². The Morgan fingerprint density at radius 3 is 2.27 bits per heavy atom. The van der Waals surface area contributed by atoms with Gasteiger partial charge in [0.15, 0.2) is 22.9 Å². The Labute approximate surface area is 192 Å². The fraction of sp³-hybridized carbons (Fsp3) is 0.231. The summed E-state index contributed by atoms with van der Waals surface area (Å²) in [5.41, 5.74) is -0.573. The summed E-state index contributed by atoms with van der Waals surface area (Å²) in [6, 6.07) is 20.8. The molecule has 1 atom stereocenters. The lowest BCUT2D eigenvalue weighted by Gasteiger charge is -2.23. The van der Waals surface area contributed by atoms with Crippen molar-refractivity contribution in [3.63, 3.8) is 0 Å². The third-order valence-electron chi connectivity index (χ3n) is 5.71. The average Bonchev–Trinajstić information content (AvgIpc) is 3.06. The average molecular weight is 447 g/mol. The van der Waals surface area contributed by atoms with Gasteiger partial charge in [-0.2, -0.15) is 0 Å². The van der Waals surface area contributed by atoms with Crippen LogP contribution < -0.4 is 19.1 Å². The van der Waals surface area contributed by atoms with Crippen LogP contribution in [0.15, 0.2) is 72.8 Å². The van der Waals surface area contributed by atoms with Crippen LogP contribution in [0.25, 0.3) is 0 Å². The van der Waals surface area contributed by atoms with Gasteiger partial charge in [0.2, 0.25) is 0 Å². The summed E-state index contributed by atoms with van der Waals surface area (Å²) in [6.45, 7) is 0.385. The number of rotatable bonds is 9. The summed E-state index contributed by atoms with van der Waals surface area (Å²) in [5, 5.41) is 11.4. The number of benzene rings is 3. The van der Waals surface area contributed by atoms with Crippen LogP contribution in [0.4, 0.5) is 5.69 Å². The van der Waals surface area contributed by atoms with Gasteiger partial charge in [-0.05, 0) is 42.5 Å². The monoisotopic (exact) mass is 447 g/mol. The van der Waals surface area contributed by atoms with Gasteiger partial charge in [0, 0.05) is 11.1 Å². The second-order valence-electron chi connectivity index (χ2n) is 7.66. The number of ether oxygens (including phenoxy) is 3. The van der Waals surface area contributed by atoms with Crippen LogP contribution in [0.5, 0.6) is 17.2 Å². The van der Waals surface area contributed by atoms with E-state index in [1.54, 1.807) is 74.9 Å². The van der Waals surface area contributed by atoms with Gasteiger partial charge in [-0.1, -0.05) is 30.3 Å². The minimum atomic E-state index is -1.95. The molecule has 0 fully saturated rings. The van der Waals surface area contributed by atoms with Crippen molar-refractivity contribution in [3.8, 4) is 17.2 Å². The smallest absolute Gasteiger partial charge is 0.264 e. The molecule has 0 aliphatic carbocycles. The van der Waals surface area contributed by atoms with E-state index in [0.717, 1.165) is 0 Å². The van der Waals surface area contributed by atoms with E-state index in [9.17, 15) is 14.7 Å². The van der Waals surface area contributed by atoms with Crippen molar-refractivity contribution < 1.29 is 28.9 Å². The molecule has 4 rings (SSSR count). The predicted octanol–water partition coefficient (Wildman–Crippen LogP) is 3.59. The van der Waals surface area contributed by atoms with Crippen LogP contribution in [0.3, 0.4) is 0 Å². The summed E-state index contributed by atoms with van der Waals surface area (Å²) in [5.74, 6) is 0.885. The molecule has 1 amide bonds. The summed E-state index contributed by atoms with van der Waals surface area (Å²) in [4.78, 5) is 27.7. The molecule has 3 aromatic carbocycles. The summed E-state index contributed by atoms with van der Waals surface area (Å²) < 4.78 is 16.2. The van der Waals surface area contributed by atoms with E-state index in [-0.39, 0.29) is 25.4 Å². The van der Waals surface area contributed by atoms with Gasteiger partial charge in [0.1, 0.15) is 12.4 Å². The van der Waals surface area contributed by atoms with Gasteiger partial charge in [-0.3, -0.25) is 9.59 Å². The van der Waals surface area contributed by atoms with Crippen LogP contribution in [-0.4, -0.2) is 44.2 Å². The van der Waals surface area contributed by atoms with E-state index < -0.39 is 11.5 Å². The van der Waals surface area contributed by atoms with Crippen LogP contribution in [0.2, 0.25) is 0 Å². The van der Waals surface area contributed by atoms with Gasteiger partial charge in [0.25, 0.3) is 5.91 Å². The zero-order chi connectivity index (χ0) is 23.4. The number of hydrogen-bond donors (Lipinski definition) is 1. The molecule has 0 aromatic heterocycles. The zero-order valence-corrected chi connectivity index (χ0v) is 18.5. The molecular weight excluding hydrogens is 422 g/mol. The predicted molar refractivity (Wildman–Crippen MR) is 123 cm³/mol. The molecule has 0 saturated carbocycles. The number of amides is 1. The molecular formula is C26H25NO6. The molecule has 0 saturated heterocycles. The number of ketones is 1. The van der Waals surface area contributed by atoms with Crippen molar-refractivity contribution in [2.75, 3.05) is 32.3 Å². The summed E-state index contributed by atoms with van der Waals surface area (Å²) in [6.07, 6.45) is -0.362. The second-order valence-corrected chi connectivity index (χ2v) is 7.66. The molecule has 1 N–H and O–H groups in total. The van der Waals surface area contributed by atoms with E-state index in [1.165, 1.54) is 4.90 Å². The van der Waals surface area contributed by atoms with Crippen LogP contribution in [0, 0.1) is 0 Å². The molecule has 0 bridgehead atoms. The Hall–Kier alpha value is -3.84. The van der Waals surface area contributed by atoms with Crippen molar-refractivity contribution in [3.05, 3.63) is 83.9 Å². The normalized spacial score (nSPS) is 16.9. The minimum Gasteiger partial charge on any atom is -0.497 e. The van der Waals surface area contributed by atoms with E-state index >= 15 is 0 Å². The lowest BCUT2D eigenvalue weighted by atomic mass is 9.88. The van der Waals surface area contributed by atoms with Crippen LogP contribution >= 0.6 is 0 Å². The maximum absolute atomic E-state index is 13.3. The SMILES string of the molecule is COc1ccc(C(=O)C[C@@]2(O)C(=O)N(CCOc3ccccc3OC)c3ccccc32)cc1. The molecule has 3 aromatic rings. The zero-order valence-electron chi connectivity index (χ0n) is 18.5. The lowest BCUT2D eigenvalue weighted by Crippen LogP contribution is -2.43. The molecule has 0 spiro atoms. The van der Waals surface area contributed by atoms with Crippen molar-refractivity contribution >= 4 is 17.4 Å². The second kappa shape index (κ2) is 9.34. The van der Waals surface area contributed by atoms with Crippen molar-refractivity contribution in [2.24, 2.45) is 0 Å². The topological polar surface area (TPSA) is 85.3 Å². The lowest BCUT2D eigenvalue weighted by molar-refractivity contribution is -0.135. The molecule has 1 aliphatic heterocycles. The fourth-order valence-electron chi connectivity index (χ4n) is 4.00. The molecule has 1 heterocycles. The van der Waals surface area contributed by atoms with E-state index in [2.05, 4.69) is 0 Å². The number of aliphatic hydroxyl groups is 1. The first-order valence-corrected chi connectivity index (χ1v) is 10.5. The van der Waals surface area contributed by atoms with E-state index in [1.807, 2.05) is 12.1 Å². The minimum absolute atomic E-state index is 0.183. The van der Waals surface area contributed by atoms with Crippen molar-refractivity contribution in [1.29, 1.82) is 0 Å². The van der Waals surface area contributed by atoms with Crippen molar-refractivity contribution in [2.45, 2.75) is 12.0 Å². The number of carbonyl (C=O) groups is 2. The van der Waals surface area contributed by atoms with Crippen LogP contribution in [0.1, 0.15) is 22.3 Å². The quantitative estimate of drug-likeness (QED) is 0.505.